The number of aliphatic hydroxyl groups is 1. The van der Waals surface area contributed by atoms with Gasteiger partial charge in [-0.25, -0.2) is 4.98 Å². The fourth-order valence-electron chi connectivity index (χ4n) is 3.53. The quantitative estimate of drug-likeness (QED) is 0.540. The fraction of sp³-hybridized carbons (Fsp3) is 0.217. The molecule has 33 heavy (non-hydrogen) atoms. The van der Waals surface area contributed by atoms with Gasteiger partial charge >= 0.3 is 6.18 Å². The average Bonchev–Trinajstić information content (AvgIpc) is 2.79. The molecule has 1 atom stereocenters. The summed E-state index contributed by atoms with van der Waals surface area (Å²) in [4.78, 5) is 19.2. The number of alkyl halides is 3. The zero-order chi connectivity index (χ0) is 23.8. The van der Waals surface area contributed by atoms with E-state index in [1.165, 1.54) is 6.07 Å². The summed E-state index contributed by atoms with van der Waals surface area (Å²) >= 11 is 5.97. The predicted octanol–water partition coefficient (Wildman–Crippen LogP) is 5.21. The first-order valence-electron chi connectivity index (χ1n) is 9.95. The topological polar surface area (TPSA) is 74.7 Å². The van der Waals surface area contributed by atoms with Crippen LogP contribution >= 0.6 is 11.6 Å². The maximum Gasteiger partial charge on any atom is 0.416 e. The van der Waals surface area contributed by atoms with Crippen LogP contribution in [0.4, 0.5) is 30.4 Å². The van der Waals surface area contributed by atoms with Gasteiger partial charge in [0, 0.05) is 6.20 Å². The molecule has 2 heterocycles. The number of rotatable bonds is 4. The summed E-state index contributed by atoms with van der Waals surface area (Å²) in [5, 5.41) is 12.2. The number of hydrogen-bond acceptors (Lipinski definition) is 5. The number of ether oxygens (including phenoxy) is 1. The van der Waals surface area contributed by atoms with E-state index in [9.17, 15) is 23.1 Å². The van der Waals surface area contributed by atoms with Gasteiger partial charge < -0.3 is 20.1 Å². The summed E-state index contributed by atoms with van der Waals surface area (Å²) in [5.41, 5.74) is 0.782. The first-order chi connectivity index (χ1) is 15.7. The van der Waals surface area contributed by atoms with E-state index in [0.29, 0.717) is 11.5 Å². The Bertz CT molecular complexity index is 1190. The van der Waals surface area contributed by atoms with Gasteiger partial charge in [0.15, 0.2) is 5.75 Å². The molecule has 1 amide bonds. The van der Waals surface area contributed by atoms with E-state index in [0.717, 1.165) is 23.8 Å². The van der Waals surface area contributed by atoms with E-state index in [2.05, 4.69) is 10.3 Å². The average molecular weight is 478 g/mol. The second-order valence-electron chi connectivity index (χ2n) is 7.51. The van der Waals surface area contributed by atoms with Crippen molar-refractivity contribution in [3.63, 3.8) is 0 Å². The zero-order valence-electron chi connectivity index (χ0n) is 17.4. The van der Waals surface area contributed by atoms with Crippen molar-refractivity contribution in [2.24, 2.45) is 0 Å². The number of carbonyl (C=O) groups is 1. The molecular weight excluding hydrogens is 459 g/mol. The highest BCUT2D eigenvalue weighted by atomic mass is 35.5. The second-order valence-corrected chi connectivity index (χ2v) is 7.92. The highest BCUT2D eigenvalue weighted by Crippen LogP contribution is 2.41. The summed E-state index contributed by atoms with van der Waals surface area (Å²) in [6, 6.07) is 10.9. The van der Waals surface area contributed by atoms with Crippen molar-refractivity contribution >= 4 is 34.7 Å². The number of aryl methyl sites for hydroxylation is 1. The lowest BCUT2D eigenvalue weighted by molar-refractivity contribution is -0.137. The molecule has 10 heteroatoms. The molecule has 1 aromatic heterocycles. The van der Waals surface area contributed by atoms with Crippen molar-refractivity contribution in [3.05, 3.63) is 76.4 Å². The highest BCUT2D eigenvalue weighted by molar-refractivity contribution is 6.34. The van der Waals surface area contributed by atoms with Gasteiger partial charge in [0.1, 0.15) is 12.4 Å². The number of aromatic nitrogens is 1. The van der Waals surface area contributed by atoms with E-state index in [-0.39, 0.29) is 35.2 Å². The number of aliphatic hydroxyl groups excluding tert-OH is 1. The number of nitrogens with one attached hydrogen (secondary N) is 1. The highest BCUT2D eigenvalue weighted by Gasteiger charge is 2.33. The van der Waals surface area contributed by atoms with Crippen LogP contribution in [-0.2, 0) is 6.18 Å². The smallest absolute Gasteiger partial charge is 0.416 e. The standard InChI is InChI=1S/C23H19ClF3N3O3/c1-13-5-8-20(28-10-13)30-15(11-31)12-33-21-16(3-2-4-19(21)30)22(32)29-18-7-6-14(9-17(18)24)23(25,26)27/h2-10,15,31H,11-12H2,1H3,(H,29,32). The van der Waals surface area contributed by atoms with Gasteiger partial charge in [-0.1, -0.05) is 23.7 Å². The van der Waals surface area contributed by atoms with E-state index in [1.807, 2.05) is 19.1 Å². The first kappa shape index (κ1) is 22.9. The summed E-state index contributed by atoms with van der Waals surface area (Å²) < 4.78 is 44.5. The molecule has 0 bridgehead atoms. The predicted molar refractivity (Wildman–Crippen MR) is 118 cm³/mol. The number of anilines is 3. The molecule has 1 aliphatic rings. The molecule has 1 aliphatic heterocycles. The molecule has 0 spiro atoms. The molecule has 2 aromatic carbocycles. The van der Waals surface area contributed by atoms with E-state index in [1.54, 1.807) is 23.2 Å². The van der Waals surface area contributed by atoms with Gasteiger partial charge in [-0.2, -0.15) is 13.2 Å². The molecule has 172 valence electrons. The summed E-state index contributed by atoms with van der Waals surface area (Å²) in [6.07, 6.45) is -2.85. The number of pyridine rings is 1. The summed E-state index contributed by atoms with van der Waals surface area (Å²) in [6.45, 7) is 1.80. The van der Waals surface area contributed by atoms with E-state index >= 15 is 0 Å². The van der Waals surface area contributed by atoms with Crippen molar-refractivity contribution in [2.75, 3.05) is 23.4 Å². The third-order valence-corrected chi connectivity index (χ3v) is 5.49. The van der Waals surface area contributed by atoms with Crippen molar-refractivity contribution < 1.29 is 27.8 Å². The van der Waals surface area contributed by atoms with Crippen molar-refractivity contribution in [1.82, 2.24) is 4.98 Å². The van der Waals surface area contributed by atoms with Crippen molar-refractivity contribution in [1.29, 1.82) is 0 Å². The van der Waals surface area contributed by atoms with Crippen LogP contribution in [0.5, 0.6) is 5.75 Å². The molecule has 1 unspecified atom stereocenters. The van der Waals surface area contributed by atoms with E-state index in [4.69, 9.17) is 16.3 Å². The van der Waals surface area contributed by atoms with Crippen LogP contribution < -0.4 is 15.0 Å². The molecule has 0 saturated carbocycles. The minimum absolute atomic E-state index is 0.0355. The van der Waals surface area contributed by atoms with E-state index < -0.39 is 23.7 Å². The molecule has 0 saturated heterocycles. The Labute approximate surface area is 192 Å². The number of benzene rings is 2. The fourth-order valence-corrected chi connectivity index (χ4v) is 3.75. The molecule has 6 nitrogen and oxygen atoms in total. The van der Waals surface area contributed by atoms with Gasteiger partial charge in [0.2, 0.25) is 0 Å². The van der Waals surface area contributed by atoms with Crippen molar-refractivity contribution in [3.8, 4) is 5.75 Å². The second kappa shape index (κ2) is 8.92. The van der Waals surface area contributed by atoms with Gasteiger partial charge in [-0.05, 0) is 48.9 Å². The van der Waals surface area contributed by atoms with Gasteiger partial charge in [-0.15, -0.1) is 0 Å². The first-order valence-corrected chi connectivity index (χ1v) is 10.3. The number of amides is 1. The van der Waals surface area contributed by atoms with Crippen LogP contribution in [0.15, 0.2) is 54.7 Å². The monoisotopic (exact) mass is 477 g/mol. The Balaban J connectivity index is 1.68. The lowest BCUT2D eigenvalue weighted by atomic mass is 10.1. The number of halogens is 4. The number of hydrogen-bond donors (Lipinski definition) is 2. The van der Waals surface area contributed by atoms with Crippen LogP contribution in [0.2, 0.25) is 5.02 Å². The minimum atomic E-state index is -4.55. The van der Waals surface area contributed by atoms with Crippen LogP contribution in [0.1, 0.15) is 21.5 Å². The summed E-state index contributed by atoms with van der Waals surface area (Å²) in [7, 11) is 0. The normalized spacial score (nSPS) is 15.6. The van der Waals surface area contributed by atoms with Gasteiger partial charge in [0.25, 0.3) is 5.91 Å². The summed E-state index contributed by atoms with van der Waals surface area (Å²) in [5.74, 6) is 0.241. The third kappa shape index (κ3) is 4.60. The lowest BCUT2D eigenvalue weighted by Gasteiger charge is -2.37. The number of fused-ring (bicyclic) bond motifs is 1. The SMILES string of the molecule is Cc1ccc(N2c3cccc(C(=O)Nc4ccc(C(F)(F)F)cc4Cl)c3OCC2CO)nc1. The Morgan fingerprint density at radius 2 is 2.06 bits per heavy atom. The minimum Gasteiger partial charge on any atom is -0.488 e. The van der Waals surface area contributed by atoms with Crippen molar-refractivity contribution in [2.45, 2.75) is 19.1 Å². The van der Waals surface area contributed by atoms with Crippen LogP contribution in [0.25, 0.3) is 0 Å². The number of para-hydroxylation sites is 1. The molecule has 0 aliphatic carbocycles. The van der Waals surface area contributed by atoms with Gasteiger partial charge in [0.05, 0.1) is 40.2 Å². The maximum absolute atomic E-state index is 13.0. The molecule has 4 rings (SSSR count). The Kier molecular flexibility index (Phi) is 6.18. The number of carbonyl (C=O) groups excluding carboxylic acids is 1. The van der Waals surface area contributed by atoms with Crippen LogP contribution in [-0.4, -0.2) is 35.3 Å². The maximum atomic E-state index is 13.0. The Morgan fingerprint density at radius 1 is 1.27 bits per heavy atom. The zero-order valence-corrected chi connectivity index (χ0v) is 18.1. The lowest BCUT2D eigenvalue weighted by Crippen LogP contribution is -2.43. The Hall–Kier alpha value is -3.30. The largest absolute Gasteiger partial charge is 0.488 e. The molecular formula is C23H19ClF3N3O3. The van der Waals surface area contributed by atoms with Crippen LogP contribution in [0, 0.1) is 6.92 Å². The molecule has 3 aromatic rings. The molecule has 0 fully saturated rings. The third-order valence-electron chi connectivity index (χ3n) is 5.18. The molecule has 0 radical (unpaired) electrons. The number of nitrogens with zero attached hydrogens (tertiary/aromatic N) is 2. The Morgan fingerprint density at radius 3 is 2.70 bits per heavy atom. The molecule has 2 N–H and O–H groups in total. The van der Waals surface area contributed by atoms with Gasteiger partial charge in [-0.3, -0.25) is 4.79 Å². The van der Waals surface area contributed by atoms with Crippen LogP contribution in [0.3, 0.4) is 0 Å².